The van der Waals surface area contributed by atoms with E-state index in [0.717, 1.165) is 25.9 Å². The highest BCUT2D eigenvalue weighted by Gasteiger charge is 2.19. The number of nitrogen functional groups attached to an aromatic ring is 1. The number of nitrogens with zero attached hydrogens (tertiary/aromatic N) is 2. The van der Waals surface area contributed by atoms with Crippen LogP contribution in [0.4, 0.5) is 5.82 Å². The van der Waals surface area contributed by atoms with Crippen molar-refractivity contribution < 1.29 is 4.79 Å². The van der Waals surface area contributed by atoms with Gasteiger partial charge >= 0.3 is 0 Å². The molecule has 1 aliphatic heterocycles. The summed E-state index contributed by atoms with van der Waals surface area (Å²) in [5.41, 5.74) is 2.93. The van der Waals surface area contributed by atoms with Gasteiger partial charge in [0.2, 0.25) is 0 Å². The number of likely N-dealkylation sites (tertiary alicyclic amines) is 1. The monoisotopic (exact) mass is 254 g/mol. The fourth-order valence-electron chi connectivity index (χ4n) is 1.97. The lowest BCUT2D eigenvalue weighted by molar-refractivity contribution is 0.0724. The molecule has 2 heterocycles. The maximum absolute atomic E-state index is 12.2. The van der Waals surface area contributed by atoms with Crippen LogP contribution in [0.25, 0.3) is 0 Å². The summed E-state index contributed by atoms with van der Waals surface area (Å²) in [5.74, 6) is 5.66. The zero-order valence-electron chi connectivity index (χ0n) is 9.45. The second-order valence-electron chi connectivity index (χ2n) is 4.06. The van der Waals surface area contributed by atoms with E-state index < -0.39 is 0 Å². The number of anilines is 1. The Labute approximate surface area is 105 Å². The van der Waals surface area contributed by atoms with E-state index in [1.165, 1.54) is 6.42 Å². The fourth-order valence-corrected chi connectivity index (χ4v) is 2.18. The van der Waals surface area contributed by atoms with E-state index in [9.17, 15) is 4.79 Å². The Hall–Kier alpha value is -1.33. The predicted molar refractivity (Wildman–Crippen MR) is 66.8 cm³/mol. The molecule has 6 heteroatoms. The quantitative estimate of drug-likeness (QED) is 0.478. The van der Waals surface area contributed by atoms with Gasteiger partial charge in [0.15, 0.2) is 0 Å². The molecule has 3 N–H and O–H groups in total. The van der Waals surface area contributed by atoms with Gasteiger partial charge in [0.05, 0.1) is 0 Å². The van der Waals surface area contributed by atoms with Crippen molar-refractivity contribution in [2.45, 2.75) is 19.3 Å². The molecule has 0 spiro atoms. The Balaban J connectivity index is 2.20. The summed E-state index contributed by atoms with van der Waals surface area (Å²) in [4.78, 5) is 18.0. The maximum atomic E-state index is 12.2. The number of halogens is 1. The standard InChI is InChI=1S/C11H15ClN4O/c12-9-6-8(7-10(14-9)15-13)11(17)16-4-2-1-3-5-16/h6-7H,1-5,13H2,(H,14,15). The van der Waals surface area contributed by atoms with Gasteiger partial charge in [0.1, 0.15) is 11.0 Å². The number of hydrogen-bond acceptors (Lipinski definition) is 4. The molecule has 0 aromatic carbocycles. The van der Waals surface area contributed by atoms with Gasteiger partial charge in [-0.3, -0.25) is 4.79 Å². The minimum absolute atomic E-state index is 0.00880. The molecule has 92 valence electrons. The summed E-state index contributed by atoms with van der Waals surface area (Å²) in [7, 11) is 0. The van der Waals surface area contributed by atoms with E-state index in [4.69, 9.17) is 17.4 Å². The Morgan fingerprint density at radius 1 is 1.35 bits per heavy atom. The number of hydrazine groups is 1. The van der Waals surface area contributed by atoms with E-state index >= 15 is 0 Å². The number of aromatic nitrogens is 1. The number of nitrogens with one attached hydrogen (secondary N) is 1. The third-order valence-corrected chi connectivity index (χ3v) is 3.03. The Morgan fingerprint density at radius 3 is 2.71 bits per heavy atom. The van der Waals surface area contributed by atoms with Crippen LogP contribution >= 0.6 is 11.6 Å². The average Bonchev–Trinajstić information content (AvgIpc) is 2.38. The lowest BCUT2D eigenvalue weighted by atomic mass is 10.1. The van der Waals surface area contributed by atoms with Crippen LogP contribution in [0.2, 0.25) is 5.15 Å². The van der Waals surface area contributed by atoms with E-state index in [2.05, 4.69) is 10.4 Å². The van der Waals surface area contributed by atoms with Crippen LogP contribution in [-0.4, -0.2) is 28.9 Å². The van der Waals surface area contributed by atoms with Crippen LogP contribution < -0.4 is 11.3 Å². The summed E-state index contributed by atoms with van der Waals surface area (Å²) in [6.07, 6.45) is 3.32. The SMILES string of the molecule is NNc1cc(C(=O)N2CCCCC2)cc(Cl)n1. The first-order valence-corrected chi connectivity index (χ1v) is 6.02. The Kier molecular flexibility index (Phi) is 3.81. The molecule has 0 radical (unpaired) electrons. The maximum Gasteiger partial charge on any atom is 0.254 e. The van der Waals surface area contributed by atoms with Crippen molar-refractivity contribution >= 4 is 23.3 Å². The first kappa shape index (κ1) is 12.1. The molecule has 1 aromatic heterocycles. The van der Waals surface area contributed by atoms with Gasteiger partial charge in [-0.2, -0.15) is 0 Å². The summed E-state index contributed by atoms with van der Waals surface area (Å²) >= 11 is 5.83. The van der Waals surface area contributed by atoms with Gasteiger partial charge in [-0.05, 0) is 31.4 Å². The van der Waals surface area contributed by atoms with Crippen LogP contribution in [0.1, 0.15) is 29.6 Å². The van der Waals surface area contributed by atoms with E-state index in [0.29, 0.717) is 11.4 Å². The largest absolute Gasteiger partial charge is 0.339 e. The first-order chi connectivity index (χ1) is 8.20. The fraction of sp³-hybridized carbons (Fsp3) is 0.455. The van der Waals surface area contributed by atoms with Gasteiger partial charge in [-0.15, -0.1) is 0 Å². The highest BCUT2D eigenvalue weighted by atomic mass is 35.5. The van der Waals surface area contributed by atoms with Crippen molar-refractivity contribution in [2.24, 2.45) is 5.84 Å². The van der Waals surface area contributed by atoms with Crippen molar-refractivity contribution in [3.63, 3.8) is 0 Å². The number of rotatable bonds is 2. The summed E-state index contributed by atoms with van der Waals surface area (Å²) in [5, 5.41) is 0.265. The van der Waals surface area contributed by atoms with Crippen molar-refractivity contribution in [3.8, 4) is 0 Å². The minimum Gasteiger partial charge on any atom is -0.339 e. The molecule has 2 rings (SSSR count). The highest BCUT2D eigenvalue weighted by Crippen LogP contribution is 2.18. The van der Waals surface area contributed by atoms with Gasteiger partial charge in [-0.1, -0.05) is 11.6 Å². The minimum atomic E-state index is -0.00880. The number of piperidine rings is 1. The second kappa shape index (κ2) is 5.33. The molecule has 0 unspecified atom stereocenters. The summed E-state index contributed by atoms with van der Waals surface area (Å²) in [6, 6.07) is 3.18. The number of hydrogen-bond donors (Lipinski definition) is 2. The number of nitrogens with two attached hydrogens (primary N) is 1. The van der Waals surface area contributed by atoms with Crippen LogP contribution in [0, 0.1) is 0 Å². The van der Waals surface area contributed by atoms with Crippen molar-refractivity contribution in [2.75, 3.05) is 18.5 Å². The predicted octanol–water partition coefficient (Wildman–Crippen LogP) is 1.65. The number of carbonyl (C=O) groups excluding carboxylic acids is 1. The smallest absolute Gasteiger partial charge is 0.254 e. The molecule has 0 atom stereocenters. The molecule has 1 saturated heterocycles. The van der Waals surface area contributed by atoms with Gasteiger partial charge in [-0.25, -0.2) is 10.8 Å². The molecular formula is C11H15ClN4O. The molecule has 1 aliphatic rings. The molecule has 1 amide bonds. The Morgan fingerprint density at radius 2 is 2.06 bits per heavy atom. The lowest BCUT2D eigenvalue weighted by Crippen LogP contribution is -2.35. The molecule has 0 aliphatic carbocycles. The van der Waals surface area contributed by atoms with Crippen LogP contribution in [0.5, 0.6) is 0 Å². The number of carbonyl (C=O) groups is 1. The zero-order valence-corrected chi connectivity index (χ0v) is 10.2. The molecule has 17 heavy (non-hydrogen) atoms. The normalized spacial score (nSPS) is 15.8. The molecule has 1 fully saturated rings. The van der Waals surface area contributed by atoms with Gasteiger partial charge < -0.3 is 10.3 Å². The first-order valence-electron chi connectivity index (χ1n) is 5.64. The van der Waals surface area contributed by atoms with E-state index in [1.54, 1.807) is 12.1 Å². The lowest BCUT2D eigenvalue weighted by Gasteiger charge is -2.26. The van der Waals surface area contributed by atoms with Gasteiger partial charge in [0, 0.05) is 18.7 Å². The van der Waals surface area contributed by atoms with Crippen molar-refractivity contribution in [1.29, 1.82) is 0 Å². The third-order valence-electron chi connectivity index (χ3n) is 2.83. The van der Waals surface area contributed by atoms with Crippen LogP contribution in [0.15, 0.2) is 12.1 Å². The van der Waals surface area contributed by atoms with Crippen molar-refractivity contribution in [3.05, 3.63) is 22.8 Å². The van der Waals surface area contributed by atoms with Gasteiger partial charge in [0.25, 0.3) is 5.91 Å². The molecular weight excluding hydrogens is 240 g/mol. The summed E-state index contributed by atoms with van der Waals surface area (Å²) in [6.45, 7) is 1.62. The topological polar surface area (TPSA) is 71.2 Å². The number of pyridine rings is 1. The molecule has 5 nitrogen and oxygen atoms in total. The number of amides is 1. The van der Waals surface area contributed by atoms with E-state index in [-0.39, 0.29) is 11.1 Å². The molecule has 0 bridgehead atoms. The van der Waals surface area contributed by atoms with Crippen LogP contribution in [0.3, 0.4) is 0 Å². The Bertz CT molecular complexity index is 418. The summed E-state index contributed by atoms with van der Waals surface area (Å²) < 4.78 is 0. The average molecular weight is 255 g/mol. The third kappa shape index (κ3) is 2.87. The second-order valence-corrected chi connectivity index (χ2v) is 4.45. The zero-order chi connectivity index (χ0) is 12.3. The van der Waals surface area contributed by atoms with E-state index in [1.807, 2.05) is 4.90 Å². The molecule has 0 saturated carbocycles. The molecule has 1 aromatic rings. The van der Waals surface area contributed by atoms with Crippen LogP contribution in [-0.2, 0) is 0 Å². The van der Waals surface area contributed by atoms with Crippen molar-refractivity contribution in [1.82, 2.24) is 9.88 Å². The highest BCUT2D eigenvalue weighted by molar-refractivity contribution is 6.29.